The van der Waals surface area contributed by atoms with E-state index in [-0.39, 0.29) is 6.42 Å². The fourth-order valence-corrected chi connectivity index (χ4v) is 2.34. The van der Waals surface area contributed by atoms with Gasteiger partial charge < -0.3 is 15.0 Å². The fraction of sp³-hybridized carbons (Fsp3) is 0.938. The highest BCUT2D eigenvalue weighted by atomic mass is 16.4. The van der Waals surface area contributed by atoms with Gasteiger partial charge in [0.05, 0.1) is 6.10 Å². The van der Waals surface area contributed by atoms with Crippen molar-refractivity contribution in [2.24, 2.45) is 0 Å². The van der Waals surface area contributed by atoms with Crippen molar-refractivity contribution in [2.45, 2.75) is 96.5 Å². The summed E-state index contributed by atoms with van der Waals surface area (Å²) in [4.78, 5) is 10.2. The van der Waals surface area contributed by atoms with Crippen LogP contribution in [0.25, 0.3) is 0 Å². The van der Waals surface area contributed by atoms with Crippen molar-refractivity contribution in [2.75, 3.05) is 0 Å². The van der Waals surface area contributed by atoms with E-state index in [1.807, 2.05) is 0 Å². The minimum Gasteiger partial charge on any atom is -0.550 e. The number of carboxylic acids is 1. The minimum atomic E-state index is -1.16. The van der Waals surface area contributed by atoms with E-state index in [9.17, 15) is 15.0 Å². The Bertz CT molecular complexity index is 204. The summed E-state index contributed by atoms with van der Waals surface area (Å²) in [7, 11) is 0. The average Bonchev–Trinajstić information content (AvgIpc) is 2.35. The maximum absolute atomic E-state index is 10.2. The first-order valence-corrected chi connectivity index (χ1v) is 8.04. The van der Waals surface area contributed by atoms with Crippen LogP contribution in [0.2, 0.25) is 0 Å². The molecule has 0 aliphatic carbocycles. The van der Waals surface area contributed by atoms with E-state index in [1.165, 1.54) is 57.8 Å². The number of hydrogen-bond donors (Lipinski definition) is 1. The molecule has 3 heteroatoms. The van der Waals surface area contributed by atoms with Gasteiger partial charge >= 0.3 is 0 Å². The third-order valence-electron chi connectivity index (χ3n) is 3.54. The second-order valence-electron chi connectivity index (χ2n) is 5.55. The Morgan fingerprint density at radius 3 is 1.74 bits per heavy atom. The van der Waals surface area contributed by atoms with Gasteiger partial charge in [-0.15, -0.1) is 0 Å². The summed E-state index contributed by atoms with van der Waals surface area (Å²) < 4.78 is 0. The second kappa shape index (κ2) is 13.9. The maximum atomic E-state index is 10.2. The summed E-state index contributed by atoms with van der Waals surface area (Å²) in [6.45, 7) is 2.24. The normalized spacial score (nSPS) is 12.5. The summed E-state index contributed by atoms with van der Waals surface area (Å²) in [5, 5.41) is 19.6. The van der Waals surface area contributed by atoms with Crippen molar-refractivity contribution in [3.05, 3.63) is 0 Å². The van der Waals surface area contributed by atoms with Crippen LogP contribution in [-0.2, 0) is 4.79 Å². The Kier molecular flexibility index (Phi) is 13.4. The molecule has 0 heterocycles. The van der Waals surface area contributed by atoms with Crippen LogP contribution < -0.4 is 5.11 Å². The summed E-state index contributed by atoms with van der Waals surface area (Å²) >= 11 is 0. The number of aliphatic hydroxyl groups excluding tert-OH is 1. The van der Waals surface area contributed by atoms with Gasteiger partial charge in [0.25, 0.3) is 0 Å². The van der Waals surface area contributed by atoms with Crippen LogP contribution in [0.3, 0.4) is 0 Å². The van der Waals surface area contributed by atoms with Gasteiger partial charge in [-0.1, -0.05) is 77.6 Å². The second-order valence-corrected chi connectivity index (χ2v) is 5.55. The van der Waals surface area contributed by atoms with Gasteiger partial charge in [0.1, 0.15) is 0 Å². The number of aliphatic hydroxyl groups is 1. The average molecular weight is 271 g/mol. The highest BCUT2D eigenvalue weighted by Crippen LogP contribution is 2.12. The number of carboxylic acid groups (broad SMARTS) is 1. The first-order valence-electron chi connectivity index (χ1n) is 8.04. The van der Waals surface area contributed by atoms with Crippen LogP contribution in [-0.4, -0.2) is 17.2 Å². The molecular weight excluding hydrogens is 240 g/mol. The van der Waals surface area contributed by atoms with Crippen molar-refractivity contribution in [3.8, 4) is 0 Å². The lowest BCUT2D eigenvalue weighted by Crippen LogP contribution is -2.27. The molecule has 1 N–H and O–H groups in total. The van der Waals surface area contributed by atoms with Crippen molar-refractivity contribution in [3.63, 3.8) is 0 Å². The Hall–Kier alpha value is -0.570. The van der Waals surface area contributed by atoms with Gasteiger partial charge in [-0.05, 0) is 6.42 Å². The van der Waals surface area contributed by atoms with Crippen LogP contribution in [0, 0.1) is 0 Å². The van der Waals surface area contributed by atoms with E-state index in [2.05, 4.69) is 6.92 Å². The minimum absolute atomic E-state index is 0.224. The lowest BCUT2D eigenvalue weighted by atomic mass is 10.0. The van der Waals surface area contributed by atoms with Gasteiger partial charge in [-0.2, -0.15) is 0 Å². The van der Waals surface area contributed by atoms with Gasteiger partial charge in [-0.3, -0.25) is 0 Å². The van der Waals surface area contributed by atoms with Gasteiger partial charge in [0.15, 0.2) is 0 Å². The molecule has 114 valence electrons. The number of aliphatic carboxylic acids is 1. The predicted octanol–water partition coefficient (Wildman–Crippen LogP) is 3.19. The van der Waals surface area contributed by atoms with Crippen LogP contribution >= 0.6 is 0 Å². The highest BCUT2D eigenvalue weighted by Gasteiger charge is 2.03. The third kappa shape index (κ3) is 15.4. The zero-order valence-electron chi connectivity index (χ0n) is 12.5. The number of carbonyl (C=O) groups excluding carboxylic acids is 1. The molecule has 0 aromatic rings. The largest absolute Gasteiger partial charge is 0.550 e. The zero-order valence-corrected chi connectivity index (χ0v) is 12.5. The Morgan fingerprint density at radius 2 is 1.32 bits per heavy atom. The van der Waals surface area contributed by atoms with Crippen LogP contribution in [0.4, 0.5) is 0 Å². The standard InChI is InChI=1S/C16H32O3/c1-2-3-4-5-6-7-8-9-10-11-12-13-15(17)14-16(18)19/h15,17H,2-14H2,1H3,(H,18,19)/p-1. The van der Waals surface area contributed by atoms with Crippen LogP contribution in [0.5, 0.6) is 0 Å². The third-order valence-corrected chi connectivity index (χ3v) is 3.54. The molecule has 0 bridgehead atoms. The molecule has 0 radical (unpaired) electrons. The fourth-order valence-electron chi connectivity index (χ4n) is 2.34. The monoisotopic (exact) mass is 271 g/mol. The Labute approximate surface area is 118 Å². The molecule has 0 saturated heterocycles. The van der Waals surface area contributed by atoms with Crippen molar-refractivity contribution < 1.29 is 15.0 Å². The van der Waals surface area contributed by atoms with Gasteiger partial charge in [0, 0.05) is 12.4 Å². The quantitative estimate of drug-likeness (QED) is 0.494. The highest BCUT2D eigenvalue weighted by molar-refractivity contribution is 5.64. The molecule has 0 aromatic heterocycles. The molecule has 0 amide bonds. The van der Waals surface area contributed by atoms with Crippen LogP contribution in [0.15, 0.2) is 0 Å². The molecule has 0 spiro atoms. The molecular formula is C16H31O3-. The van der Waals surface area contributed by atoms with E-state index in [0.717, 1.165) is 12.8 Å². The molecule has 1 unspecified atom stereocenters. The van der Waals surface area contributed by atoms with E-state index in [0.29, 0.717) is 6.42 Å². The summed E-state index contributed by atoms with van der Waals surface area (Å²) in [5.74, 6) is -1.16. The number of unbranched alkanes of at least 4 members (excludes halogenated alkanes) is 10. The Morgan fingerprint density at radius 1 is 0.895 bits per heavy atom. The number of hydrogen-bond acceptors (Lipinski definition) is 3. The Balaban J connectivity index is 3.08. The molecule has 19 heavy (non-hydrogen) atoms. The predicted molar refractivity (Wildman–Crippen MR) is 76.7 cm³/mol. The first kappa shape index (κ1) is 18.4. The van der Waals surface area contributed by atoms with E-state index in [1.54, 1.807) is 0 Å². The van der Waals surface area contributed by atoms with Crippen molar-refractivity contribution >= 4 is 5.97 Å². The molecule has 0 aliphatic heterocycles. The molecule has 0 fully saturated rings. The SMILES string of the molecule is CCCCCCCCCCCCCC(O)CC(=O)[O-]. The first-order chi connectivity index (χ1) is 9.16. The topological polar surface area (TPSA) is 60.4 Å². The lowest BCUT2D eigenvalue weighted by molar-refractivity contribution is -0.307. The lowest BCUT2D eigenvalue weighted by Gasteiger charge is -2.10. The van der Waals surface area contributed by atoms with Gasteiger partial charge in [-0.25, -0.2) is 0 Å². The smallest absolute Gasteiger partial charge is 0.0592 e. The van der Waals surface area contributed by atoms with Crippen molar-refractivity contribution in [1.82, 2.24) is 0 Å². The number of rotatable bonds is 14. The summed E-state index contributed by atoms with van der Waals surface area (Å²) in [6, 6.07) is 0. The van der Waals surface area contributed by atoms with Crippen LogP contribution in [0.1, 0.15) is 90.4 Å². The maximum Gasteiger partial charge on any atom is 0.0592 e. The molecule has 0 aromatic carbocycles. The van der Waals surface area contributed by atoms with E-state index >= 15 is 0 Å². The van der Waals surface area contributed by atoms with E-state index in [4.69, 9.17) is 0 Å². The van der Waals surface area contributed by atoms with E-state index < -0.39 is 12.1 Å². The summed E-state index contributed by atoms with van der Waals surface area (Å²) in [6.07, 6.45) is 13.6. The number of carbonyl (C=O) groups is 1. The molecule has 3 nitrogen and oxygen atoms in total. The molecule has 0 aliphatic rings. The zero-order chi connectivity index (χ0) is 14.3. The molecule has 0 rings (SSSR count). The molecule has 0 saturated carbocycles. The van der Waals surface area contributed by atoms with Crippen molar-refractivity contribution in [1.29, 1.82) is 0 Å². The summed E-state index contributed by atoms with van der Waals surface area (Å²) in [5.41, 5.74) is 0. The molecule has 1 atom stereocenters. The van der Waals surface area contributed by atoms with Gasteiger partial charge in [0.2, 0.25) is 0 Å².